The molecule has 0 fully saturated rings. The standard InChI is InChI=1S/C23H23N5O2/c1-15-18-14-17(4-5-19(18)26-21(15)16-6-9-25-10-7-16)23(30)27-20(22(24)29)8-13-28-11-2-3-12-28/h2-7,9-12,14,20,26H,8,13H2,1H3,(H2,24,29)(H,27,30). The van der Waals surface area contributed by atoms with Crippen LogP contribution in [0.1, 0.15) is 22.3 Å². The van der Waals surface area contributed by atoms with Gasteiger partial charge in [-0.25, -0.2) is 0 Å². The van der Waals surface area contributed by atoms with Crippen LogP contribution in [-0.4, -0.2) is 32.4 Å². The number of pyridine rings is 1. The molecule has 4 N–H and O–H groups in total. The second-order valence-electron chi connectivity index (χ2n) is 7.26. The lowest BCUT2D eigenvalue weighted by atomic mass is 10.1. The predicted molar refractivity (Wildman–Crippen MR) is 116 cm³/mol. The van der Waals surface area contributed by atoms with Crippen molar-refractivity contribution in [3.05, 3.63) is 78.4 Å². The highest BCUT2D eigenvalue weighted by Gasteiger charge is 2.20. The number of nitrogens with one attached hydrogen (secondary N) is 2. The van der Waals surface area contributed by atoms with E-state index in [-0.39, 0.29) is 5.91 Å². The van der Waals surface area contributed by atoms with Gasteiger partial charge in [-0.3, -0.25) is 14.6 Å². The number of fused-ring (bicyclic) bond motifs is 1. The highest BCUT2D eigenvalue weighted by atomic mass is 16.2. The number of hydrogen-bond acceptors (Lipinski definition) is 3. The molecule has 3 aromatic heterocycles. The van der Waals surface area contributed by atoms with Crippen LogP contribution in [0.25, 0.3) is 22.2 Å². The zero-order valence-corrected chi connectivity index (χ0v) is 16.6. The van der Waals surface area contributed by atoms with Gasteiger partial charge in [0.05, 0.1) is 0 Å². The monoisotopic (exact) mass is 401 g/mol. The third-order valence-electron chi connectivity index (χ3n) is 5.28. The number of rotatable bonds is 7. The molecule has 0 aliphatic rings. The van der Waals surface area contributed by atoms with E-state index in [1.807, 2.05) is 60.3 Å². The zero-order chi connectivity index (χ0) is 21.1. The number of benzene rings is 1. The van der Waals surface area contributed by atoms with Crippen molar-refractivity contribution < 1.29 is 9.59 Å². The van der Waals surface area contributed by atoms with Gasteiger partial charge in [0.2, 0.25) is 5.91 Å². The van der Waals surface area contributed by atoms with E-state index in [0.29, 0.717) is 18.5 Å². The van der Waals surface area contributed by atoms with Crippen molar-refractivity contribution in [3.8, 4) is 11.3 Å². The van der Waals surface area contributed by atoms with Gasteiger partial charge in [-0.2, -0.15) is 0 Å². The average Bonchev–Trinajstić information content (AvgIpc) is 3.39. The summed E-state index contributed by atoms with van der Waals surface area (Å²) in [5, 5.41) is 3.73. The van der Waals surface area contributed by atoms with E-state index >= 15 is 0 Å². The summed E-state index contributed by atoms with van der Waals surface area (Å²) >= 11 is 0. The zero-order valence-electron chi connectivity index (χ0n) is 16.6. The topological polar surface area (TPSA) is 106 Å². The van der Waals surface area contributed by atoms with Crippen molar-refractivity contribution in [1.82, 2.24) is 19.9 Å². The molecule has 4 aromatic rings. The molecule has 2 amide bonds. The number of carbonyl (C=O) groups excluding carboxylic acids is 2. The molecule has 1 unspecified atom stereocenters. The minimum absolute atomic E-state index is 0.320. The lowest BCUT2D eigenvalue weighted by Crippen LogP contribution is -2.45. The number of H-pyrrole nitrogens is 1. The van der Waals surface area contributed by atoms with Crippen LogP contribution in [0.15, 0.2) is 67.3 Å². The maximum absolute atomic E-state index is 12.8. The van der Waals surface area contributed by atoms with Crippen LogP contribution in [0.4, 0.5) is 0 Å². The molecule has 3 heterocycles. The van der Waals surface area contributed by atoms with E-state index in [0.717, 1.165) is 27.7 Å². The Kier molecular flexibility index (Phi) is 5.34. The van der Waals surface area contributed by atoms with E-state index in [4.69, 9.17) is 5.73 Å². The van der Waals surface area contributed by atoms with Gasteiger partial charge in [-0.1, -0.05) is 0 Å². The van der Waals surface area contributed by atoms with Gasteiger partial charge in [-0.05, 0) is 61.4 Å². The van der Waals surface area contributed by atoms with Gasteiger partial charge in [0.15, 0.2) is 0 Å². The van der Waals surface area contributed by atoms with E-state index < -0.39 is 11.9 Å². The van der Waals surface area contributed by atoms with E-state index in [9.17, 15) is 9.59 Å². The molecule has 152 valence electrons. The summed E-state index contributed by atoms with van der Waals surface area (Å²) in [7, 11) is 0. The number of nitrogens with two attached hydrogens (primary N) is 1. The molecular formula is C23H23N5O2. The number of hydrogen-bond donors (Lipinski definition) is 3. The Morgan fingerprint density at radius 3 is 2.60 bits per heavy atom. The van der Waals surface area contributed by atoms with Gasteiger partial charge in [0.1, 0.15) is 6.04 Å². The summed E-state index contributed by atoms with van der Waals surface area (Å²) in [4.78, 5) is 32.1. The highest BCUT2D eigenvalue weighted by molar-refractivity contribution is 6.01. The van der Waals surface area contributed by atoms with Crippen LogP contribution in [-0.2, 0) is 11.3 Å². The SMILES string of the molecule is Cc1c(-c2ccncc2)[nH]c2ccc(C(=O)NC(CCn3cccc3)C(N)=O)cc12. The molecule has 7 nitrogen and oxygen atoms in total. The molecule has 0 radical (unpaired) electrons. The number of primary amides is 1. The summed E-state index contributed by atoms with van der Waals surface area (Å²) in [5.74, 6) is -0.867. The summed E-state index contributed by atoms with van der Waals surface area (Å²) < 4.78 is 1.94. The summed E-state index contributed by atoms with van der Waals surface area (Å²) in [6.07, 6.45) is 7.73. The molecule has 0 saturated heterocycles. The van der Waals surface area contributed by atoms with E-state index in [2.05, 4.69) is 15.3 Å². The van der Waals surface area contributed by atoms with E-state index in [1.54, 1.807) is 18.5 Å². The van der Waals surface area contributed by atoms with Gasteiger partial charge in [-0.15, -0.1) is 0 Å². The van der Waals surface area contributed by atoms with Crippen molar-refractivity contribution in [2.45, 2.75) is 25.9 Å². The molecule has 0 saturated carbocycles. The first-order valence-electron chi connectivity index (χ1n) is 9.76. The van der Waals surface area contributed by atoms with Crippen LogP contribution < -0.4 is 11.1 Å². The molecule has 1 atom stereocenters. The Hall–Kier alpha value is -3.87. The van der Waals surface area contributed by atoms with Crippen LogP contribution in [0.5, 0.6) is 0 Å². The number of amides is 2. The molecule has 0 bridgehead atoms. The molecule has 1 aromatic carbocycles. The van der Waals surface area contributed by atoms with Crippen molar-refractivity contribution in [2.75, 3.05) is 0 Å². The number of nitrogens with zero attached hydrogens (tertiary/aromatic N) is 2. The third-order valence-corrected chi connectivity index (χ3v) is 5.28. The molecule has 0 aliphatic carbocycles. The quantitative estimate of drug-likeness (QED) is 0.443. The molecule has 4 rings (SSSR count). The molecular weight excluding hydrogens is 378 g/mol. The fourth-order valence-electron chi connectivity index (χ4n) is 3.60. The fraction of sp³-hybridized carbons (Fsp3) is 0.174. The van der Waals surface area contributed by atoms with Gasteiger partial charge in [0, 0.05) is 59.1 Å². The Balaban J connectivity index is 1.55. The Morgan fingerprint density at radius 2 is 1.90 bits per heavy atom. The first-order valence-corrected chi connectivity index (χ1v) is 9.76. The third kappa shape index (κ3) is 3.96. The predicted octanol–water partition coefficient (Wildman–Crippen LogP) is 3.01. The van der Waals surface area contributed by atoms with Crippen LogP contribution >= 0.6 is 0 Å². The molecule has 30 heavy (non-hydrogen) atoms. The number of aryl methyl sites for hydroxylation is 2. The van der Waals surface area contributed by atoms with Crippen molar-refractivity contribution in [2.24, 2.45) is 5.73 Å². The number of aromatic amines is 1. The second-order valence-corrected chi connectivity index (χ2v) is 7.26. The van der Waals surface area contributed by atoms with Gasteiger partial charge >= 0.3 is 0 Å². The van der Waals surface area contributed by atoms with Crippen LogP contribution in [0.3, 0.4) is 0 Å². The normalized spacial score (nSPS) is 12.0. The largest absolute Gasteiger partial charge is 0.368 e. The first kappa shape index (κ1) is 19.4. The van der Waals surface area contributed by atoms with Gasteiger partial charge in [0.25, 0.3) is 5.91 Å². The minimum Gasteiger partial charge on any atom is -0.368 e. The first-order chi connectivity index (χ1) is 14.5. The average molecular weight is 401 g/mol. The number of aromatic nitrogens is 3. The highest BCUT2D eigenvalue weighted by Crippen LogP contribution is 2.29. The lowest BCUT2D eigenvalue weighted by molar-refractivity contribution is -0.120. The summed E-state index contributed by atoms with van der Waals surface area (Å²) in [5.41, 5.74) is 10.0. The Bertz CT molecular complexity index is 1180. The fourth-order valence-corrected chi connectivity index (χ4v) is 3.60. The van der Waals surface area contributed by atoms with Crippen LogP contribution in [0, 0.1) is 6.92 Å². The lowest BCUT2D eigenvalue weighted by Gasteiger charge is -2.16. The van der Waals surface area contributed by atoms with E-state index in [1.165, 1.54) is 0 Å². The van der Waals surface area contributed by atoms with Crippen molar-refractivity contribution in [1.29, 1.82) is 0 Å². The maximum Gasteiger partial charge on any atom is 0.251 e. The molecule has 7 heteroatoms. The smallest absolute Gasteiger partial charge is 0.251 e. The maximum atomic E-state index is 12.8. The van der Waals surface area contributed by atoms with Crippen molar-refractivity contribution in [3.63, 3.8) is 0 Å². The van der Waals surface area contributed by atoms with Crippen molar-refractivity contribution >= 4 is 22.7 Å². The molecule has 0 spiro atoms. The Morgan fingerprint density at radius 1 is 1.17 bits per heavy atom. The van der Waals surface area contributed by atoms with Crippen LogP contribution in [0.2, 0.25) is 0 Å². The Labute approximate surface area is 173 Å². The van der Waals surface area contributed by atoms with Gasteiger partial charge < -0.3 is 20.6 Å². The second kappa shape index (κ2) is 8.24. The molecule has 0 aliphatic heterocycles. The summed E-state index contributed by atoms with van der Waals surface area (Å²) in [6, 6.07) is 12.4. The summed E-state index contributed by atoms with van der Waals surface area (Å²) in [6.45, 7) is 2.60. The minimum atomic E-state index is -0.740. The number of carbonyl (C=O) groups is 2.